The van der Waals surface area contributed by atoms with Crippen LogP contribution in [0.1, 0.15) is 31.7 Å². The molecule has 3 N–H and O–H groups in total. The van der Waals surface area contributed by atoms with Gasteiger partial charge in [0.1, 0.15) is 5.82 Å². The molecule has 2 heterocycles. The Hall–Kier alpha value is -2.84. The summed E-state index contributed by atoms with van der Waals surface area (Å²) in [6.07, 6.45) is 3.40. The number of aryl methyl sites for hydroxylation is 1. The zero-order valence-corrected chi connectivity index (χ0v) is 16.8. The maximum atomic E-state index is 12.0. The maximum absolute atomic E-state index is 12.0. The van der Waals surface area contributed by atoms with Crippen LogP contribution < -0.4 is 16.0 Å². The third-order valence-corrected chi connectivity index (χ3v) is 4.41. The van der Waals surface area contributed by atoms with Crippen LogP contribution in [0.15, 0.2) is 23.3 Å². The fraction of sp³-hybridized carbons (Fsp3) is 0.579. The van der Waals surface area contributed by atoms with Crippen LogP contribution >= 0.6 is 0 Å². The molecule has 0 aromatic carbocycles. The molecule has 0 aliphatic carbocycles. The van der Waals surface area contributed by atoms with Crippen molar-refractivity contribution in [2.24, 2.45) is 4.99 Å². The molecule has 0 bridgehead atoms. The second kappa shape index (κ2) is 11.1. The van der Waals surface area contributed by atoms with Gasteiger partial charge in [0.05, 0.1) is 6.61 Å². The minimum absolute atomic E-state index is 0.109. The van der Waals surface area contributed by atoms with E-state index in [1.54, 1.807) is 31.1 Å². The average molecular weight is 390 g/mol. The number of hydrogen-bond acceptors (Lipinski definition) is 5. The van der Waals surface area contributed by atoms with Gasteiger partial charge < -0.3 is 25.6 Å². The predicted octanol–water partition coefficient (Wildman–Crippen LogP) is 1.50. The third kappa shape index (κ3) is 7.05. The molecule has 1 aliphatic heterocycles. The summed E-state index contributed by atoms with van der Waals surface area (Å²) in [5, 5.41) is 9.26. The quantitative estimate of drug-likeness (QED) is 0.502. The lowest BCUT2D eigenvalue weighted by Crippen LogP contribution is -2.50. The molecular formula is C19H30N6O3. The van der Waals surface area contributed by atoms with Crippen molar-refractivity contribution in [1.29, 1.82) is 0 Å². The minimum atomic E-state index is -0.252. The lowest BCUT2D eigenvalue weighted by atomic mass is 10.1. The van der Waals surface area contributed by atoms with Crippen molar-refractivity contribution >= 4 is 23.8 Å². The summed E-state index contributed by atoms with van der Waals surface area (Å²) in [5.41, 5.74) is 1.04. The van der Waals surface area contributed by atoms with E-state index in [1.165, 1.54) is 0 Å². The molecule has 1 aromatic heterocycles. The van der Waals surface area contributed by atoms with Crippen LogP contribution in [0.2, 0.25) is 0 Å². The van der Waals surface area contributed by atoms with E-state index in [4.69, 9.17) is 4.74 Å². The van der Waals surface area contributed by atoms with E-state index >= 15 is 0 Å². The Balaban J connectivity index is 1.67. The number of piperidine rings is 1. The first-order valence-electron chi connectivity index (χ1n) is 9.63. The Bertz CT molecular complexity index is 669. The van der Waals surface area contributed by atoms with Crippen LogP contribution in [0.25, 0.3) is 0 Å². The number of likely N-dealkylation sites (tertiary alicyclic amines) is 1. The van der Waals surface area contributed by atoms with Crippen LogP contribution in [0.5, 0.6) is 0 Å². The first-order valence-corrected chi connectivity index (χ1v) is 9.63. The van der Waals surface area contributed by atoms with Crippen molar-refractivity contribution in [3.63, 3.8) is 0 Å². The SMILES string of the molecule is CCOC(=O)N1CCC(NC(=NC)NCCC(=O)Nc2ccc(C)cn2)CC1. The Kier molecular flexibility index (Phi) is 8.51. The monoisotopic (exact) mass is 390 g/mol. The summed E-state index contributed by atoms with van der Waals surface area (Å²) in [5.74, 6) is 1.09. The highest BCUT2D eigenvalue weighted by atomic mass is 16.6. The fourth-order valence-electron chi connectivity index (χ4n) is 2.85. The molecule has 0 unspecified atom stereocenters. The summed E-state index contributed by atoms with van der Waals surface area (Å²) in [6.45, 7) is 5.90. The number of carbonyl (C=O) groups excluding carboxylic acids is 2. The van der Waals surface area contributed by atoms with Crippen molar-refractivity contribution in [2.75, 3.05) is 38.6 Å². The van der Waals surface area contributed by atoms with E-state index in [0.29, 0.717) is 44.4 Å². The molecule has 154 valence electrons. The van der Waals surface area contributed by atoms with Gasteiger partial charge in [-0.1, -0.05) is 6.07 Å². The molecule has 2 rings (SSSR count). The van der Waals surface area contributed by atoms with Crippen LogP contribution in [0, 0.1) is 6.92 Å². The van der Waals surface area contributed by atoms with Crippen molar-refractivity contribution in [3.8, 4) is 0 Å². The lowest BCUT2D eigenvalue weighted by molar-refractivity contribution is -0.116. The summed E-state index contributed by atoms with van der Waals surface area (Å²) < 4.78 is 5.03. The molecule has 2 amide bonds. The second-order valence-corrected chi connectivity index (χ2v) is 6.62. The number of ether oxygens (including phenoxy) is 1. The molecule has 9 heteroatoms. The molecule has 0 spiro atoms. The van der Waals surface area contributed by atoms with E-state index in [-0.39, 0.29) is 18.0 Å². The largest absolute Gasteiger partial charge is 0.450 e. The van der Waals surface area contributed by atoms with Gasteiger partial charge in [-0.3, -0.25) is 9.79 Å². The smallest absolute Gasteiger partial charge is 0.409 e. The number of nitrogens with one attached hydrogen (secondary N) is 3. The average Bonchev–Trinajstić information content (AvgIpc) is 2.69. The maximum Gasteiger partial charge on any atom is 0.409 e. The Morgan fingerprint density at radius 2 is 2.07 bits per heavy atom. The predicted molar refractivity (Wildman–Crippen MR) is 108 cm³/mol. The summed E-state index contributed by atoms with van der Waals surface area (Å²) in [4.78, 5) is 33.8. The van der Waals surface area contributed by atoms with Crippen LogP contribution in [-0.2, 0) is 9.53 Å². The molecule has 28 heavy (non-hydrogen) atoms. The summed E-state index contributed by atoms with van der Waals surface area (Å²) in [7, 11) is 1.69. The van der Waals surface area contributed by atoms with E-state index in [9.17, 15) is 9.59 Å². The van der Waals surface area contributed by atoms with E-state index < -0.39 is 0 Å². The Morgan fingerprint density at radius 3 is 2.68 bits per heavy atom. The lowest BCUT2D eigenvalue weighted by Gasteiger charge is -2.32. The highest BCUT2D eigenvalue weighted by Gasteiger charge is 2.24. The highest BCUT2D eigenvalue weighted by Crippen LogP contribution is 2.11. The number of nitrogens with zero attached hydrogens (tertiary/aromatic N) is 3. The zero-order chi connectivity index (χ0) is 20.4. The molecule has 1 fully saturated rings. The van der Waals surface area contributed by atoms with Crippen LogP contribution in [-0.4, -0.2) is 67.2 Å². The number of rotatable bonds is 6. The third-order valence-electron chi connectivity index (χ3n) is 4.41. The number of aliphatic imine (C=N–C) groups is 1. The normalized spacial score (nSPS) is 15.1. The number of amides is 2. The van der Waals surface area contributed by atoms with Gasteiger partial charge in [-0.05, 0) is 38.3 Å². The van der Waals surface area contributed by atoms with Crippen molar-refractivity contribution in [3.05, 3.63) is 23.9 Å². The number of anilines is 1. The molecule has 1 aromatic rings. The molecule has 0 radical (unpaired) electrons. The van der Waals surface area contributed by atoms with E-state index in [0.717, 1.165) is 18.4 Å². The van der Waals surface area contributed by atoms with Gasteiger partial charge in [0.15, 0.2) is 5.96 Å². The van der Waals surface area contributed by atoms with Gasteiger partial charge >= 0.3 is 6.09 Å². The van der Waals surface area contributed by atoms with Crippen molar-refractivity contribution < 1.29 is 14.3 Å². The number of pyridine rings is 1. The second-order valence-electron chi connectivity index (χ2n) is 6.62. The number of carbonyl (C=O) groups is 2. The minimum Gasteiger partial charge on any atom is -0.450 e. The Labute approximate surface area is 165 Å². The number of hydrogen-bond donors (Lipinski definition) is 3. The van der Waals surface area contributed by atoms with Crippen molar-refractivity contribution in [1.82, 2.24) is 20.5 Å². The standard InChI is InChI=1S/C19H30N6O3/c1-4-28-19(27)25-11-8-15(9-12-25)23-18(20-3)21-10-7-17(26)24-16-6-5-14(2)13-22-16/h5-6,13,15H,4,7-12H2,1-3H3,(H2,20,21,23)(H,22,24,26). The van der Waals surface area contributed by atoms with Gasteiger partial charge in [0.2, 0.25) is 5.91 Å². The van der Waals surface area contributed by atoms with Gasteiger partial charge in [0.25, 0.3) is 0 Å². The molecule has 0 saturated carbocycles. The molecule has 0 atom stereocenters. The van der Waals surface area contributed by atoms with E-state index in [2.05, 4.69) is 25.9 Å². The summed E-state index contributed by atoms with van der Waals surface area (Å²) >= 11 is 0. The van der Waals surface area contributed by atoms with Crippen LogP contribution in [0.3, 0.4) is 0 Å². The summed E-state index contributed by atoms with van der Waals surface area (Å²) in [6, 6.07) is 3.91. The topological polar surface area (TPSA) is 108 Å². The van der Waals surface area contributed by atoms with E-state index in [1.807, 2.05) is 13.0 Å². The molecule has 1 aliphatic rings. The van der Waals surface area contributed by atoms with Gasteiger partial charge in [-0.2, -0.15) is 0 Å². The van der Waals surface area contributed by atoms with Gasteiger partial charge in [0, 0.05) is 45.3 Å². The number of aromatic nitrogens is 1. The molecule has 9 nitrogen and oxygen atoms in total. The van der Waals surface area contributed by atoms with Crippen LogP contribution in [0.4, 0.5) is 10.6 Å². The first-order chi connectivity index (χ1) is 13.5. The Morgan fingerprint density at radius 1 is 1.32 bits per heavy atom. The zero-order valence-electron chi connectivity index (χ0n) is 16.8. The number of guanidine groups is 1. The van der Waals surface area contributed by atoms with Gasteiger partial charge in [-0.15, -0.1) is 0 Å². The highest BCUT2D eigenvalue weighted by molar-refractivity contribution is 5.90. The molecular weight excluding hydrogens is 360 g/mol. The van der Waals surface area contributed by atoms with Crippen molar-refractivity contribution in [2.45, 2.75) is 39.2 Å². The van der Waals surface area contributed by atoms with Gasteiger partial charge in [-0.25, -0.2) is 9.78 Å². The molecule has 1 saturated heterocycles. The fourth-order valence-corrected chi connectivity index (χ4v) is 2.85. The first kappa shape index (κ1) is 21.5.